The Labute approximate surface area is 390 Å². The van der Waals surface area contributed by atoms with Gasteiger partial charge in [-0.3, -0.25) is 6.58 Å². The molecule has 7 nitrogen and oxygen atoms in total. The number of nitrogens with zero attached hydrogens (tertiary/aromatic N) is 6. The Morgan fingerprint density at radius 3 is 0.825 bits per heavy atom. The zero-order chi connectivity index (χ0) is 50.0. The van der Waals surface area contributed by atoms with Crippen LogP contribution in [0.3, 0.4) is 0 Å². The van der Waals surface area contributed by atoms with E-state index < -0.39 is 0 Å². The topological polar surface area (TPSA) is 126 Å². The summed E-state index contributed by atoms with van der Waals surface area (Å²) in [7, 11) is 0. The van der Waals surface area contributed by atoms with Crippen molar-refractivity contribution in [3.8, 4) is 29.6 Å². The van der Waals surface area contributed by atoms with Gasteiger partial charge in [-0.2, -0.15) is 21.0 Å². The molecule has 0 fully saturated rings. The summed E-state index contributed by atoms with van der Waals surface area (Å²) in [4.78, 5) is 0. The van der Waals surface area contributed by atoms with Crippen molar-refractivity contribution in [2.75, 3.05) is 0 Å². The van der Waals surface area contributed by atoms with Gasteiger partial charge >= 0.3 is 0 Å². The molecule has 0 saturated carbocycles. The zero-order valence-electron chi connectivity index (χ0n) is 42.5. The van der Waals surface area contributed by atoms with Gasteiger partial charge in [-0.1, -0.05) is 246 Å². The highest BCUT2D eigenvalue weighted by atomic mass is 15.5. The highest BCUT2D eigenvalue weighted by Crippen LogP contribution is 2.10. The number of rotatable bonds is 5. The Morgan fingerprint density at radius 2 is 0.683 bits per heavy atom. The number of tetrazole rings is 1. The largest absolute Gasteiger partial charge is 0.521 e. The van der Waals surface area contributed by atoms with E-state index in [0.717, 1.165) is 5.56 Å². The molecule has 63 heavy (non-hydrogen) atoms. The number of nitrogens with one attached hydrogen (secondary N) is 1. The third-order valence-corrected chi connectivity index (χ3v) is 5.79. The number of aromatic nitrogens is 4. The molecule has 5 rings (SSSR count). The second kappa shape index (κ2) is 80.0. The van der Waals surface area contributed by atoms with Crippen LogP contribution in [0.4, 0.5) is 0 Å². The third kappa shape index (κ3) is 73.8. The molecule has 4 aromatic carbocycles. The Hall–Kier alpha value is -6.10. The van der Waals surface area contributed by atoms with E-state index in [4.69, 9.17) is 15.8 Å². The van der Waals surface area contributed by atoms with Crippen LogP contribution in [-0.2, 0) is 0 Å². The molecular formula is C56H90N7-. The van der Waals surface area contributed by atoms with E-state index >= 15 is 0 Å². The smallest absolute Gasteiger partial charge is 0.204 e. The normalized spacial score (nSPS) is 7.41. The maximum Gasteiger partial charge on any atom is 0.204 e. The van der Waals surface area contributed by atoms with Crippen molar-refractivity contribution in [2.45, 2.75) is 161 Å². The van der Waals surface area contributed by atoms with Crippen molar-refractivity contribution in [1.29, 1.82) is 15.8 Å². The molecule has 5 aromatic rings. The summed E-state index contributed by atoms with van der Waals surface area (Å²) in [5, 5.41) is 38.4. The van der Waals surface area contributed by atoms with Gasteiger partial charge < -0.3 is 6.58 Å². The lowest BCUT2D eigenvalue weighted by Crippen LogP contribution is -1.78. The van der Waals surface area contributed by atoms with Crippen LogP contribution in [0, 0.1) is 40.6 Å². The van der Waals surface area contributed by atoms with Crippen LogP contribution in [-0.4, -0.2) is 20.6 Å². The number of hydrogen-bond acceptors (Lipinski definition) is 6. The fourth-order valence-electron chi connectivity index (χ4n) is 2.76. The van der Waals surface area contributed by atoms with Gasteiger partial charge in [0.15, 0.2) is 0 Å². The predicted molar refractivity (Wildman–Crippen MR) is 280 cm³/mol. The number of unbranched alkanes of at least 4 members (excludes halogenated alkanes) is 4. The fraction of sp³-hybridized carbons (Fsp3) is 0.429. The molecule has 0 aliphatic rings. The van der Waals surface area contributed by atoms with E-state index in [-0.39, 0.29) is 0 Å². The fourth-order valence-corrected chi connectivity index (χ4v) is 2.76. The van der Waals surface area contributed by atoms with Crippen LogP contribution in [0.25, 0.3) is 11.4 Å². The first-order valence-corrected chi connectivity index (χ1v) is 22.8. The predicted octanol–water partition coefficient (Wildman–Crippen LogP) is 18.0. The summed E-state index contributed by atoms with van der Waals surface area (Å²) in [5.74, 6) is 0.630. The van der Waals surface area contributed by atoms with Gasteiger partial charge in [0.1, 0.15) is 0 Å². The first kappa shape index (κ1) is 74.4. The monoisotopic (exact) mass is 861 g/mol. The number of H-pyrrole nitrogens is 1. The Balaban J connectivity index is -0.0000000905. The molecule has 0 saturated heterocycles. The first-order chi connectivity index (χ1) is 30.7. The summed E-state index contributed by atoms with van der Waals surface area (Å²) in [6.45, 7) is 42.9. The second-order valence-electron chi connectivity index (χ2n) is 12.0. The van der Waals surface area contributed by atoms with Crippen molar-refractivity contribution in [1.82, 2.24) is 20.6 Å². The van der Waals surface area contributed by atoms with E-state index in [0.29, 0.717) is 22.5 Å². The summed E-state index contributed by atoms with van der Waals surface area (Å²) >= 11 is 0. The minimum absolute atomic E-state index is 0.630. The maximum absolute atomic E-state index is 8.29. The summed E-state index contributed by atoms with van der Waals surface area (Å²) in [5.41, 5.74) is 3.12. The van der Waals surface area contributed by atoms with Crippen molar-refractivity contribution in [2.24, 2.45) is 0 Å². The van der Waals surface area contributed by atoms with E-state index in [2.05, 4.69) is 130 Å². The molecule has 0 atom stereocenters. The third-order valence-electron chi connectivity index (χ3n) is 5.79. The molecule has 0 unspecified atom stereocenters. The van der Waals surface area contributed by atoms with Gasteiger partial charge in [0.2, 0.25) is 5.82 Å². The number of benzene rings is 4. The van der Waals surface area contributed by atoms with Crippen molar-refractivity contribution in [3.63, 3.8) is 0 Å². The summed E-state index contributed by atoms with van der Waals surface area (Å²) < 4.78 is 0. The van der Waals surface area contributed by atoms with E-state index in [1.54, 1.807) is 36.4 Å². The van der Waals surface area contributed by atoms with Gasteiger partial charge in [-0.25, -0.2) is 0 Å². The molecule has 0 spiro atoms. The Kier molecular flexibility index (Phi) is 94.4. The molecule has 0 aliphatic heterocycles. The summed E-state index contributed by atoms with van der Waals surface area (Å²) in [6.07, 6.45) is 13.1. The van der Waals surface area contributed by atoms with E-state index in [9.17, 15) is 0 Å². The lowest BCUT2D eigenvalue weighted by atomic mass is 10.2. The van der Waals surface area contributed by atoms with E-state index in [1.807, 2.05) is 117 Å². The molecule has 1 heterocycles. The first-order valence-electron chi connectivity index (χ1n) is 22.8. The SMILES string of the molecule is C=C.CC.CCC.CCC.CCC.CCCC.CCCC.CCCCC.N#Cc1ccccc1.N#Cc1ccccc1.N#Cc1ccccc1.[CH-]=C.c1ccc(-c2nn[nH]n2)cc1. The van der Waals surface area contributed by atoms with Gasteiger partial charge in [-0.15, -0.1) is 23.4 Å². The van der Waals surface area contributed by atoms with Crippen LogP contribution < -0.4 is 0 Å². The van der Waals surface area contributed by atoms with Gasteiger partial charge in [0, 0.05) is 5.56 Å². The lowest BCUT2D eigenvalue weighted by molar-refractivity contribution is 0.772. The molecule has 0 bridgehead atoms. The van der Waals surface area contributed by atoms with E-state index in [1.165, 1.54) is 64.2 Å². The van der Waals surface area contributed by atoms with Crippen LogP contribution in [0.1, 0.15) is 178 Å². The average molecular weight is 861 g/mol. The highest BCUT2D eigenvalue weighted by Gasteiger charge is 1.98. The van der Waals surface area contributed by atoms with Crippen molar-refractivity contribution < 1.29 is 0 Å². The van der Waals surface area contributed by atoms with Crippen molar-refractivity contribution >= 4 is 0 Å². The van der Waals surface area contributed by atoms with Crippen LogP contribution in [0.15, 0.2) is 141 Å². The van der Waals surface area contributed by atoms with Gasteiger partial charge in [-0.05, 0) is 41.6 Å². The average Bonchev–Trinajstić information content (AvgIpc) is 3.92. The van der Waals surface area contributed by atoms with Crippen molar-refractivity contribution in [3.05, 3.63) is 164 Å². The highest BCUT2D eigenvalue weighted by molar-refractivity contribution is 5.52. The maximum atomic E-state index is 8.29. The molecule has 1 aromatic heterocycles. The molecule has 350 valence electrons. The molecule has 0 radical (unpaired) electrons. The van der Waals surface area contributed by atoms with Crippen LogP contribution in [0.2, 0.25) is 0 Å². The molecule has 1 N–H and O–H groups in total. The number of nitriles is 3. The quantitative estimate of drug-likeness (QED) is 0.139. The van der Waals surface area contributed by atoms with Crippen LogP contribution in [0.5, 0.6) is 0 Å². The molecular weight excluding hydrogens is 771 g/mol. The Bertz CT molecular complexity index is 1400. The van der Waals surface area contributed by atoms with Gasteiger partial charge in [0.05, 0.1) is 34.9 Å². The number of hydrogen-bond donors (Lipinski definition) is 1. The minimum Gasteiger partial charge on any atom is -0.521 e. The molecule has 0 aliphatic carbocycles. The standard InChI is InChI=1S/C7H6N4.3C7H5N.C5H12.2C4H10.3C3H8.C2H6.C2H4.C2H3/c1-2-4-6(5-3-1)7-8-10-11-9-7;3*8-6-7-4-2-1-3-5-7;1-3-5-4-2;2*1-3-4-2;3*1-3-2;3*1-2/h1-5H,(H,8,9,10,11);3*1-5H;3-5H2,1-2H3;2*3-4H2,1-2H3;3*3H2,1-2H3;1-2H3;1-2H2;1H,2H2/q;;;;;;;;;;;;-1. The second-order valence-corrected chi connectivity index (χ2v) is 12.0. The van der Waals surface area contributed by atoms with Gasteiger partial charge in [0.25, 0.3) is 0 Å². The lowest BCUT2D eigenvalue weighted by Gasteiger charge is -1.89. The zero-order valence-corrected chi connectivity index (χ0v) is 42.5. The molecule has 7 heteroatoms. The minimum atomic E-state index is 0.630. The Morgan fingerprint density at radius 1 is 0.444 bits per heavy atom. The summed E-state index contributed by atoms with van der Waals surface area (Å²) in [6, 6.07) is 43.2. The number of aromatic amines is 1. The molecule has 0 amide bonds. The van der Waals surface area contributed by atoms with Crippen LogP contribution >= 0.6 is 0 Å².